The molecule has 21 heteroatoms. The van der Waals surface area contributed by atoms with Gasteiger partial charge in [-0.15, -0.1) is 20.5 Å². The normalized spacial score (nSPS) is 13.3. The second kappa shape index (κ2) is 12.5. The van der Waals surface area contributed by atoms with Crippen LogP contribution in [-0.4, -0.2) is 51.9 Å². The molecule has 262 valence electrons. The van der Waals surface area contributed by atoms with Gasteiger partial charge in [-0.2, -0.15) is 33.7 Å². The van der Waals surface area contributed by atoms with Crippen LogP contribution in [-0.2, 0) is 40.5 Å². The van der Waals surface area contributed by atoms with Gasteiger partial charge in [-0.05, 0) is 54.6 Å². The maximum atomic E-state index is 12.3. The number of nitrogens with zero attached hydrogens (tertiary/aromatic N) is 4. The Morgan fingerprint density at radius 1 is 0.412 bits per heavy atom. The van der Waals surface area contributed by atoms with Crippen LogP contribution in [0.5, 0.6) is 0 Å². The average molecular weight is 772 g/mol. The quantitative estimate of drug-likeness (QED) is 0.0624. The Kier molecular flexibility index (Phi) is 8.72. The van der Waals surface area contributed by atoms with E-state index >= 15 is 0 Å². The molecule has 6 aromatic carbocycles. The number of nitrogen functional groups attached to an aromatic ring is 1. The predicted molar refractivity (Wildman–Crippen MR) is 184 cm³/mol. The molecule has 0 radical (unpaired) electrons. The molecule has 0 saturated heterocycles. The highest BCUT2D eigenvalue weighted by molar-refractivity contribution is 7.87. The molecule has 0 aromatic heterocycles. The van der Waals surface area contributed by atoms with Gasteiger partial charge in [0.05, 0.1) is 26.9 Å². The van der Waals surface area contributed by atoms with Gasteiger partial charge in [0.1, 0.15) is 15.5 Å². The van der Waals surface area contributed by atoms with Crippen molar-refractivity contribution >= 4 is 101 Å². The Morgan fingerprint density at radius 3 is 1.45 bits per heavy atom. The lowest BCUT2D eigenvalue weighted by Gasteiger charge is -2.11. The molecule has 0 unspecified atom stereocenters. The van der Waals surface area contributed by atoms with E-state index in [0.29, 0.717) is 34.0 Å². The number of anilines is 1. The van der Waals surface area contributed by atoms with Crippen LogP contribution in [0.2, 0.25) is 0 Å². The molecule has 6 N–H and O–H groups in total. The molecule has 0 heterocycles. The molecule has 51 heavy (non-hydrogen) atoms. The molecule has 0 spiro atoms. The van der Waals surface area contributed by atoms with E-state index in [9.17, 15) is 51.9 Å². The van der Waals surface area contributed by atoms with E-state index in [1.165, 1.54) is 42.5 Å². The zero-order valence-corrected chi connectivity index (χ0v) is 28.5. The summed E-state index contributed by atoms with van der Waals surface area (Å²) in [7, 11) is -19.9. The Labute approximate surface area is 288 Å². The third-order valence-corrected chi connectivity index (χ3v) is 11.0. The minimum Gasteiger partial charge on any atom is -0.398 e. The van der Waals surface area contributed by atoms with Crippen molar-refractivity contribution < 1.29 is 51.9 Å². The first-order chi connectivity index (χ1) is 23.7. The molecular weight excluding hydrogens is 751 g/mol. The lowest BCUT2D eigenvalue weighted by atomic mass is 10.1. The first-order valence-electron chi connectivity index (χ1n) is 13.9. The fourth-order valence-corrected chi connectivity index (χ4v) is 7.73. The van der Waals surface area contributed by atoms with Crippen LogP contribution in [0.15, 0.2) is 131 Å². The third kappa shape index (κ3) is 7.04. The molecular formula is C30H21N5O12S4. The number of benzene rings is 6. The number of rotatable bonds is 8. The minimum absolute atomic E-state index is 0.0829. The molecule has 0 atom stereocenters. The number of nitrogens with two attached hydrogens (primary N) is 1. The second-order valence-corrected chi connectivity index (χ2v) is 16.4. The molecule has 0 fully saturated rings. The van der Waals surface area contributed by atoms with Crippen LogP contribution in [0.4, 0.5) is 28.4 Å². The van der Waals surface area contributed by atoms with Crippen LogP contribution in [0.3, 0.4) is 0 Å². The summed E-state index contributed by atoms with van der Waals surface area (Å²) in [5.41, 5.74) is 6.20. The van der Waals surface area contributed by atoms with Crippen LogP contribution in [0, 0.1) is 0 Å². The van der Waals surface area contributed by atoms with E-state index in [-0.39, 0.29) is 27.3 Å². The summed E-state index contributed by atoms with van der Waals surface area (Å²) < 4.78 is 135. The van der Waals surface area contributed by atoms with Crippen molar-refractivity contribution in [3.8, 4) is 0 Å². The van der Waals surface area contributed by atoms with Crippen LogP contribution in [0.25, 0.3) is 32.3 Å². The number of fused-ring (bicyclic) bond motifs is 3. The van der Waals surface area contributed by atoms with Crippen molar-refractivity contribution in [3.05, 3.63) is 91.0 Å². The summed E-state index contributed by atoms with van der Waals surface area (Å²) in [5, 5.41) is 17.3. The Hall–Kier alpha value is -5.26. The Bertz CT molecular complexity index is 2990. The fourth-order valence-electron chi connectivity index (χ4n) is 5.25. The predicted octanol–water partition coefficient (Wildman–Crippen LogP) is 6.55. The van der Waals surface area contributed by atoms with Crippen molar-refractivity contribution in [2.75, 3.05) is 5.73 Å². The van der Waals surface area contributed by atoms with Crippen molar-refractivity contribution in [2.24, 2.45) is 20.5 Å². The minimum atomic E-state index is -5.15. The maximum absolute atomic E-state index is 12.3. The van der Waals surface area contributed by atoms with E-state index in [1.54, 1.807) is 24.3 Å². The lowest BCUT2D eigenvalue weighted by Crippen LogP contribution is -2.05. The van der Waals surface area contributed by atoms with E-state index in [0.717, 1.165) is 12.1 Å². The Morgan fingerprint density at radius 2 is 0.902 bits per heavy atom. The fraction of sp³-hybridized carbons (Fsp3) is 0. The zero-order valence-electron chi connectivity index (χ0n) is 25.2. The van der Waals surface area contributed by atoms with Gasteiger partial charge < -0.3 is 5.73 Å². The van der Waals surface area contributed by atoms with Gasteiger partial charge in [-0.25, -0.2) is 0 Å². The average Bonchev–Trinajstić information content (AvgIpc) is 3.04. The molecule has 0 amide bonds. The summed E-state index contributed by atoms with van der Waals surface area (Å²) in [5.74, 6) is 0. The standard InChI is InChI=1S/C30H21N5O12S4/c31-24-8-9-27(22-13-16(48(36,37)38)5-6-18(22)24)33-32-25-10-11-26(20-4-2-1-3-19(20)25)34-35-30-23-14-17(49(39,40)41)15-29(51(45,46)47)21(23)7-12-28(30)50(42,43)44/h1-15H,31H2,(H,36,37,38)(H,39,40,41)(H,42,43,44)(H,45,46,47). The molecule has 6 aromatic rings. The van der Waals surface area contributed by atoms with Gasteiger partial charge in [0.25, 0.3) is 40.5 Å². The van der Waals surface area contributed by atoms with Gasteiger partial charge >= 0.3 is 0 Å². The van der Waals surface area contributed by atoms with Crippen LogP contribution < -0.4 is 5.73 Å². The van der Waals surface area contributed by atoms with Gasteiger partial charge in [0.15, 0.2) is 0 Å². The zero-order chi connectivity index (χ0) is 37.1. The monoisotopic (exact) mass is 771 g/mol. The maximum Gasteiger partial charge on any atom is 0.296 e. The topological polar surface area (TPSA) is 293 Å². The highest BCUT2D eigenvalue weighted by atomic mass is 32.2. The number of hydrogen-bond donors (Lipinski definition) is 5. The van der Waals surface area contributed by atoms with Crippen molar-refractivity contribution in [2.45, 2.75) is 19.6 Å². The van der Waals surface area contributed by atoms with Gasteiger partial charge in [0, 0.05) is 38.0 Å². The van der Waals surface area contributed by atoms with Crippen LogP contribution in [0.1, 0.15) is 0 Å². The van der Waals surface area contributed by atoms with Crippen LogP contribution >= 0.6 is 0 Å². The molecule has 0 saturated carbocycles. The summed E-state index contributed by atoms with van der Waals surface area (Å²) in [6, 6.07) is 19.0. The van der Waals surface area contributed by atoms with Crippen molar-refractivity contribution in [1.29, 1.82) is 0 Å². The van der Waals surface area contributed by atoms with Crippen molar-refractivity contribution in [3.63, 3.8) is 0 Å². The van der Waals surface area contributed by atoms with Gasteiger partial charge in [-0.1, -0.05) is 36.4 Å². The highest BCUT2D eigenvalue weighted by Crippen LogP contribution is 2.41. The van der Waals surface area contributed by atoms with Crippen molar-refractivity contribution in [1.82, 2.24) is 0 Å². The number of azo groups is 2. The lowest BCUT2D eigenvalue weighted by molar-refractivity contribution is 0.479. The SMILES string of the molecule is Nc1ccc(N=Nc2ccc(N=Nc3c(S(=O)(=O)O)ccc4c(S(=O)(=O)O)cc(S(=O)(=O)O)cc34)c3ccccc23)c2cc(S(=O)(=O)O)ccc12. The second-order valence-electron chi connectivity index (χ2n) is 10.8. The van der Waals surface area contributed by atoms with Gasteiger partial charge in [-0.3, -0.25) is 18.2 Å². The largest absolute Gasteiger partial charge is 0.398 e. The molecule has 0 bridgehead atoms. The van der Waals surface area contributed by atoms with Gasteiger partial charge in [0.2, 0.25) is 0 Å². The molecule has 17 nitrogen and oxygen atoms in total. The molecule has 0 aliphatic rings. The number of hydrogen-bond acceptors (Lipinski definition) is 13. The first kappa shape index (κ1) is 35.6. The summed E-state index contributed by atoms with van der Waals surface area (Å²) >= 11 is 0. The molecule has 6 rings (SSSR count). The molecule has 0 aliphatic heterocycles. The smallest absolute Gasteiger partial charge is 0.296 e. The van der Waals surface area contributed by atoms with E-state index in [4.69, 9.17) is 5.73 Å². The third-order valence-electron chi connectivity index (χ3n) is 7.56. The highest BCUT2D eigenvalue weighted by Gasteiger charge is 2.26. The summed E-state index contributed by atoms with van der Waals surface area (Å²) in [6.07, 6.45) is 0. The van der Waals surface area contributed by atoms with E-state index < -0.39 is 71.6 Å². The Balaban J connectivity index is 1.52. The van der Waals surface area contributed by atoms with E-state index in [1.807, 2.05) is 0 Å². The van der Waals surface area contributed by atoms with E-state index in [2.05, 4.69) is 20.5 Å². The summed E-state index contributed by atoms with van der Waals surface area (Å²) in [6.45, 7) is 0. The molecule has 0 aliphatic carbocycles. The summed E-state index contributed by atoms with van der Waals surface area (Å²) in [4.78, 5) is -3.33. The first-order valence-corrected chi connectivity index (χ1v) is 19.7.